The van der Waals surface area contributed by atoms with Crippen molar-refractivity contribution in [2.24, 2.45) is 0 Å². The fraction of sp³-hybridized carbons (Fsp3) is 0.222. The van der Waals surface area contributed by atoms with Gasteiger partial charge in [-0.25, -0.2) is 4.98 Å². The Morgan fingerprint density at radius 3 is 2.93 bits per heavy atom. The molecule has 2 aromatic rings. The molecule has 0 amide bonds. The van der Waals surface area contributed by atoms with Gasteiger partial charge >= 0.3 is 0 Å². The molecule has 72 valence electrons. The van der Waals surface area contributed by atoms with Gasteiger partial charge < -0.3 is 4.57 Å². The van der Waals surface area contributed by atoms with Crippen LogP contribution in [-0.2, 0) is 6.54 Å². The lowest BCUT2D eigenvalue weighted by Crippen LogP contribution is -1.92. The van der Waals surface area contributed by atoms with Gasteiger partial charge in [0.15, 0.2) is 5.16 Å². The molecule has 1 aliphatic heterocycles. The molecule has 0 atom stereocenters. The maximum absolute atomic E-state index is 5.97. The molecule has 0 aliphatic carbocycles. The molecule has 0 radical (unpaired) electrons. The number of hydrogen-bond donors (Lipinski definition) is 0. The number of benzene rings is 1. The summed E-state index contributed by atoms with van der Waals surface area (Å²) in [7, 11) is 0. The van der Waals surface area contributed by atoms with Crippen molar-refractivity contribution < 1.29 is 0 Å². The van der Waals surface area contributed by atoms with Crippen LogP contribution in [0.2, 0.25) is 10.0 Å². The van der Waals surface area contributed by atoms with Crippen molar-refractivity contribution in [1.82, 2.24) is 9.55 Å². The summed E-state index contributed by atoms with van der Waals surface area (Å²) in [5.41, 5.74) is 2.01. The van der Waals surface area contributed by atoms with Crippen LogP contribution < -0.4 is 0 Å². The summed E-state index contributed by atoms with van der Waals surface area (Å²) < 4.78 is 2.18. The van der Waals surface area contributed by atoms with Crippen LogP contribution >= 0.6 is 35.0 Å². The van der Waals surface area contributed by atoms with Crippen LogP contribution in [0.15, 0.2) is 17.3 Å². The third kappa shape index (κ3) is 1.16. The largest absolute Gasteiger partial charge is 0.318 e. The number of hydrogen-bond acceptors (Lipinski definition) is 2. The van der Waals surface area contributed by atoms with Gasteiger partial charge in [0.25, 0.3) is 0 Å². The first kappa shape index (κ1) is 8.89. The Bertz CT molecular complexity index is 521. The van der Waals surface area contributed by atoms with E-state index in [2.05, 4.69) is 9.55 Å². The zero-order valence-corrected chi connectivity index (χ0v) is 9.46. The number of fused-ring (bicyclic) bond motifs is 3. The summed E-state index contributed by atoms with van der Waals surface area (Å²) in [6.07, 6.45) is 0. The molecule has 0 spiro atoms. The summed E-state index contributed by atoms with van der Waals surface area (Å²) >= 11 is 13.7. The average Bonchev–Trinajstić information content (AvgIpc) is 2.68. The van der Waals surface area contributed by atoms with Gasteiger partial charge in [-0.3, -0.25) is 0 Å². The lowest BCUT2D eigenvalue weighted by atomic mass is 10.3. The van der Waals surface area contributed by atoms with Crippen molar-refractivity contribution >= 4 is 46.0 Å². The first-order chi connectivity index (χ1) is 6.75. The molecule has 2 heterocycles. The summed E-state index contributed by atoms with van der Waals surface area (Å²) in [6, 6.07) is 3.71. The van der Waals surface area contributed by atoms with Crippen LogP contribution in [0.3, 0.4) is 0 Å². The Labute approximate surface area is 95.2 Å². The molecule has 3 rings (SSSR count). The predicted molar refractivity (Wildman–Crippen MR) is 60.5 cm³/mol. The predicted octanol–water partition coefficient (Wildman–Crippen LogP) is 3.45. The highest BCUT2D eigenvalue weighted by Gasteiger charge is 2.17. The first-order valence-corrected chi connectivity index (χ1v) is 5.98. The van der Waals surface area contributed by atoms with E-state index in [1.807, 2.05) is 12.1 Å². The molecule has 5 heteroatoms. The van der Waals surface area contributed by atoms with Gasteiger partial charge in [0.2, 0.25) is 0 Å². The fourth-order valence-electron chi connectivity index (χ4n) is 1.65. The van der Waals surface area contributed by atoms with E-state index in [-0.39, 0.29) is 0 Å². The van der Waals surface area contributed by atoms with Gasteiger partial charge in [-0.15, -0.1) is 0 Å². The minimum Gasteiger partial charge on any atom is -0.318 e. The normalized spacial score (nSPS) is 15.0. The molecule has 0 bridgehead atoms. The molecular weight excluding hydrogens is 239 g/mol. The molecular formula is C9H6Cl2N2S. The van der Waals surface area contributed by atoms with Crippen molar-refractivity contribution in [2.45, 2.75) is 11.7 Å². The Morgan fingerprint density at radius 1 is 1.29 bits per heavy atom. The molecule has 1 aliphatic rings. The lowest BCUT2D eigenvalue weighted by Gasteiger charge is -1.99. The van der Waals surface area contributed by atoms with E-state index in [1.165, 1.54) is 0 Å². The lowest BCUT2D eigenvalue weighted by molar-refractivity contribution is 0.743. The SMILES string of the molecule is Clc1cc2nc3n(c2cc1Cl)CCS3. The number of thioether (sulfide) groups is 1. The Morgan fingerprint density at radius 2 is 2.07 bits per heavy atom. The Kier molecular flexibility index (Phi) is 1.94. The number of halogens is 2. The van der Waals surface area contributed by atoms with E-state index < -0.39 is 0 Å². The van der Waals surface area contributed by atoms with E-state index in [4.69, 9.17) is 23.2 Å². The van der Waals surface area contributed by atoms with Crippen molar-refractivity contribution in [3.63, 3.8) is 0 Å². The van der Waals surface area contributed by atoms with Gasteiger partial charge in [0.05, 0.1) is 21.1 Å². The van der Waals surface area contributed by atoms with E-state index in [0.29, 0.717) is 10.0 Å². The van der Waals surface area contributed by atoms with Gasteiger partial charge in [-0.1, -0.05) is 35.0 Å². The van der Waals surface area contributed by atoms with E-state index >= 15 is 0 Å². The van der Waals surface area contributed by atoms with Crippen molar-refractivity contribution in [3.05, 3.63) is 22.2 Å². The maximum Gasteiger partial charge on any atom is 0.169 e. The number of rotatable bonds is 0. The smallest absolute Gasteiger partial charge is 0.169 e. The van der Waals surface area contributed by atoms with Crippen LogP contribution in [0.5, 0.6) is 0 Å². The second-order valence-corrected chi connectivity index (χ2v) is 5.03. The molecule has 0 N–H and O–H groups in total. The Balaban J connectivity index is 2.39. The minimum atomic E-state index is 0.570. The van der Waals surface area contributed by atoms with Crippen LogP contribution in [-0.4, -0.2) is 15.3 Å². The molecule has 0 unspecified atom stereocenters. The highest BCUT2D eigenvalue weighted by atomic mass is 35.5. The number of aromatic nitrogens is 2. The third-order valence-corrected chi connectivity index (χ3v) is 3.98. The number of imidazole rings is 1. The molecule has 1 aromatic carbocycles. The van der Waals surface area contributed by atoms with Crippen LogP contribution in [0, 0.1) is 0 Å². The standard InChI is InChI=1S/C9H6Cl2N2S/c10-5-3-7-8(4-6(5)11)13-1-2-14-9(13)12-7/h3-4H,1-2H2. The van der Waals surface area contributed by atoms with Gasteiger partial charge in [-0.05, 0) is 12.1 Å². The van der Waals surface area contributed by atoms with Crippen LogP contribution in [0.25, 0.3) is 11.0 Å². The summed E-state index contributed by atoms with van der Waals surface area (Å²) in [4.78, 5) is 4.48. The summed E-state index contributed by atoms with van der Waals surface area (Å²) in [5.74, 6) is 1.10. The molecule has 0 saturated heterocycles. The highest BCUT2D eigenvalue weighted by molar-refractivity contribution is 7.99. The quantitative estimate of drug-likeness (QED) is 0.707. The third-order valence-electron chi connectivity index (χ3n) is 2.30. The maximum atomic E-state index is 5.97. The van der Waals surface area contributed by atoms with E-state index in [0.717, 1.165) is 28.5 Å². The highest BCUT2D eigenvalue weighted by Crippen LogP contribution is 2.33. The van der Waals surface area contributed by atoms with Crippen molar-refractivity contribution in [2.75, 3.05) is 5.75 Å². The summed E-state index contributed by atoms with van der Waals surface area (Å²) in [5, 5.41) is 2.23. The first-order valence-electron chi connectivity index (χ1n) is 4.24. The van der Waals surface area contributed by atoms with Crippen LogP contribution in [0.4, 0.5) is 0 Å². The fourth-order valence-corrected chi connectivity index (χ4v) is 2.93. The van der Waals surface area contributed by atoms with Crippen molar-refractivity contribution in [1.29, 1.82) is 0 Å². The monoisotopic (exact) mass is 244 g/mol. The van der Waals surface area contributed by atoms with E-state index in [9.17, 15) is 0 Å². The molecule has 0 saturated carbocycles. The zero-order valence-electron chi connectivity index (χ0n) is 7.13. The van der Waals surface area contributed by atoms with Crippen LogP contribution in [0.1, 0.15) is 0 Å². The van der Waals surface area contributed by atoms with E-state index in [1.54, 1.807) is 11.8 Å². The summed E-state index contributed by atoms with van der Waals surface area (Å²) in [6.45, 7) is 1.01. The molecule has 1 aromatic heterocycles. The molecule has 14 heavy (non-hydrogen) atoms. The molecule has 0 fully saturated rings. The average molecular weight is 245 g/mol. The second-order valence-electron chi connectivity index (χ2n) is 3.15. The van der Waals surface area contributed by atoms with Gasteiger partial charge in [0.1, 0.15) is 0 Å². The zero-order chi connectivity index (χ0) is 9.71. The minimum absolute atomic E-state index is 0.570. The van der Waals surface area contributed by atoms with Gasteiger partial charge in [-0.2, -0.15) is 0 Å². The number of nitrogens with zero attached hydrogens (tertiary/aromatic N) is 2. The topological polar surface area (TPSA) is 17.8 Å². The number of aryl methyl sites for hydroxylation is 1. The Hall–Kier alpha value is -0.380. The second kappa shape index (κ2) is 3.05. The van der Waals surface area contributed by atoms with Gasteiger partial charge in [0, 0.05) is 12.3 Å². The van der Waals surface area contributed by atoms with Crippen molar-refractivity contribution in [3.8, 4) is 0 Å². The molecule has 2 nitrogen and oxygen atoms in total.